The molecule has 0 spiro atoms. The Kier molecular flexibility index (Phi) is 10.2. The maximum atomic E-state index is 15.4. The Morgan fingerprint density at radius 3 is 2.65 bits per heavy atom. The first-order valence-corrected chi connectivity index (χ1v) is 13.1. The Morgan fingerprint density at radius 2 is 1.92 bits per heavy atom. The second-order valence-corrected chi connectivity index (χ2v) is 10.0. The van der Waals surface area contributed by atoms with Crippen molar-refractivity contribution in [2.24, 2.45) is 5.92 Å². The van der Waals surface area contributed by atoms with Crippen LogP contribution in [0.25, 0.3) is 11.1 Å². The second-order valence-electron chi connectivity index (χ2n) is 10.0. The Hall–Kier alpha value is -2.84. The molecule has 0 aromatic heterocycles. The molecule has 2 unspecified atom stereocenters. The van der Waals surface area contributed by atoms with Crippen molar-refractivity contribution in [3.8, 4) is 11.1 Å². The first-order chi connectivity index (χ1) is 17.7. The number of hydrogen-bond donors (Lipinski definition) is 3. The van der Waals surface area contributed by atoms with Gasteiger partial charge in [-0.2, -0.15) is 0 Å². The average Bonchev–Trinajstić information content (AvgIpc) is 2.88. The number of carbonyl (C=O) groups excluding carboxylic acids is 2. The van der Waals surface area contributed by atoms with Gasteiger partial charge in [0.25, 0.3) is 0 Å². The number of carbonyl (C=O) groups is 2. The lowest BCUT2D eigenvalue weighted by atomic mass is 9.72. The van der Waals surface area contributed by atoms with Crippen molar-refractivity contribution >= 4 is 11.8 Å². The van der Waals surface area contributed by atoms with Gasteiger partial charge < -0.3 is 20.6 Å². The van der Waals surface area contributed by atoms with Gasteiger partial charge in [-0.25, -0.2) is 8.78 Å². The van der Waals surface area contributed by atoms with Crippen LogP contribution in [0.4, 0.5) is 8.78 Å². The van der Waals surface area contributed by atoms with E-state index in [0.717, 1.165) is 18.5 Å². The standard InChI is InChI=1S/C29H39F2N3O3/c1-20-12-13-25(30)23(18-20)28-24(9-4-10-26(28)31)29(37,14-7-16-33-21(2)35)22-8-6-17-34(19-22)27(36)11-5-15-32-3/h4,9-10,12-13,18,22,32,37H,5-8,11,14-17,19H2,1-3H3,(H,33,35). The Morgan fingerprint density at radius 1 is 1.14 bits per heavy atom. The van der Waals surface area contributed by atoms with Crippen LogP contribution in [-0.2, 0) is 15.2 Å². The highest BCUT2D eigenvalue weighted by Crippen LogP contribution is 2.44. The van der Waals surface area contributed by atoms with Gasteiger partial charge in [-0.05, 0) is 76.4 Å². The molecular formula is C29H39F2N3O3. The van der Waals surface area contributed by atoms with E-state index in [1.165, 1.54) is 25.1 Å². The van der Waals surface area contributed by atoms with Gasteiger partial charge in [0.15, 0.2) is 0 Å². The molecule has 2 atom stereocenters. The van der Waals surface area contributed by atoms with Crippen LogP contribution in [-0.4, -0.2) is 55.0 Å². The fourth-order valence-electron chi connectivity index (χ4n) is 5.34. The molecule has 3 rings (SSSR count). The molecular weight excluding hydrogens is 476 g/mol. The molecule has 2 aromatic carbocycles. The third-order valence-electron chi connectivity index (χ3n) is 7.25. The molecule has 37 heavy (non-hydrogen) atoms. The van der Waals surface area contributed by atoms with Crippen molar-refractivity contribution in [1.82, 2.24) is 15.5 Å². The van der Waals surface area contributed by atoms with Gasteiger partial charge in [-0.1, -0.05) is 23.8 Å². The summed E-state index contributed by atoms with van der Waals surface area (Å²) in [4.78, 5) is 26.1. The molecule has 2 aromatic rings. The van der Waals surface area contributed by atoms with Crippen molar-refractivity contribution in [3.63, 3.8) is 0 Å². The normalized spacial score (nSPS) is 17.4. The third kappa shape index (κ3) is 7.14. The van der Waals surface area contributed by atoms with Gasteiger partial charge in [0, 0.05) is 50.0 Å². The number of aryl methyl sites for hydroxylation is 1. The zero-order chi connectivity index (χ0) is 27.0. The molecule has 2 amide bonds. The van der Waals surface area contributed by atoms with E-state index >= 15 is 8.78 Å². The highest BCUT2D eigenvalue weighted by Gasteiger charge is 2.43. The van der Waals surface area contributed by atoms with E-state index in [9.17, 15) is 14.7 Å². The fraction of sp³-hybridized carbons (Fsp3) is 0.517. The van der Waals surface area contributed by atoms with Crippen LogP contribution in [0.1, 0.15) is 56.6 Å². The molecule has 202 valence electrons. The number of nitrogens with one attached hydrogen (secondary N) is 2. The van der Waals surface area contributed by atoms with E-state index in [1.54, 1.807) is 23.1 Å². The second kappa shape index (κ2) is 13.1. The smallest absolute Gasteiger partial charge is 0.222 e. The minimum absolute atomic E-state index is 0.0322. The van der Waals surface area contributed by atoms with Gasteiger partial charge in [-0.15, -0.1) is 0 Å². The summed E-state index contributed by atoms with van der Waals surface area (Å²) in [6.45, 7) is 5.27. The molecule has 8 heteroatoms. The fourth-order valence-corrected chi connectivity index (χ4v) is 5.34. The van der Waals surface area contributed by atoms with Crippen molar-refractivity contribution < 1.29 is 23.5 Å². The number of nitrogens with zero attached hydrogens (tertiary/aromatic N) is 1. The van der Waals surface area contributed by atoms with Crippen LogP contribution >= 0.6 is 0 Å². The number of halogens is 2. The predicted octanol–water partition coefficient (Wildman–Crippen LogP) is 4.28. The number of rotatable bonds is 11. The van der Waals surface area contributed by atoms with Crippen LogP contribution < -0.4 is 10.6 Å². The number of piperidine rings is 1. The van der Waals surface area contributed by atoms with E-state index in [-0.39, 0.29) is 35.3 Å². The van der Waals surface area contributed by atoms with Crippen LogP contribution in [0.3, 0.4) is 0 Å². The van der Waals surface area contributed by atoms with Gasteiger partial charge in [0.2, 0.25) is 11.8 Å². The molecule has 0 radical (unpaired) electrons. The number of hydrogen-bond acceptors (Lipinski definition) is 4. The van der Waals surface area contributed by atoms with Gasteiger partial charge in [0.05, 0.1) is 5.60 Å². The average molecular weight is 516 g/mol. The summed E-state index contributed by atoms with van der Waals surface area (Å²) in [5.74, 6) is -1.70. The van der Waals surface area contributed by atoms with Crippen LogP contribution in [0.2, 0.25) is 0 Å². The lowest BCUT2D eigenvalue weighted by Crippen LogP contribution is -2.48. The monoisotopic (exact) mass is 515 g/mol. The van der Waals surface area contributed by atoms with Crippen molar-refractivity contribution in [2.75, 3.05) is 33.2 Å². The number of likely N-dealkylation sites (tertiary alicyclic amines) is 1. The highest BCUT2D eigenvalue weighted by atomic mass is 19.1. The van der Waals surface area contributed by atoms with E-state index < -0.39 is 17.2 Å². The van der Waals surface area contributed by atoms with E-state index in [1.807, 2.05) is 14.0 Å². The largest absolute Gasteiger partial charge is 0.385 e. The number of aliphatic hydroxyl groups is 1. The molecule has 1 aliphatic rings. The summed E-state index contributed by atoms with van der Waals surface area (Å²) in [5, 5.41) is 18.2. The van der Waals surface area contributed by atoms with E-state index in [0.29, 0.717) is 50.9 Å². The van der Waals surface area contributed by atoms with E-state index in [2.05, 4.69) is 10.6 Å². The van der Waals surface area contributed by atoms with Crippen LogP contribution in [0, 0.1) is 24.5 Å². The summed E-state index contributed by atoms with van der Waals surface area (Å²) in [5.41, 5.74) is -0.298. The van der Waals surface area contributed by atoms with Crippen molar-refractivity contribution in [1.29, 1.82) is 0 Å². The third-order valence-corrected chi connectivity index (χ3v) is 7.25. The summed E-state index contributed by atoms with van der Waals surface area (Å²) >= 11 is 0. The zero-order valence-electron chi connectivity index (χ0n) is 22.1. The maximum absolute atomic E-state index is 15.4. The minimum Gasteiger partial charge on any atom is -0.385 e. The van der Waals surface area contributed by atoms with Gasteiger partial charge >= 0.3 is 0 Å². The molecule has 1 aliphatic heterocycles. The minimum atomic E-state index is -1.53. The maximum Gasteiger partial charge on any atom is 0.222 e. The van der Waals surface area contributed by atoms with Crippen molar-refractivity contribution in [3.05, 3.63) is 59.2 Å². The zero-order valence-corrected chi connectivity index (χ0v) is 22.1. The van der Waals surface area contributed by atoms with Gasteiger partial charge in [-0.3, -0.25) is 9.59 Å². The van der Waals surface area contributed by atoms with Crippen LogP contribution in [0.5, 0.6) is 0 Å². The lowest BCUT2D eigenvalue weighted by Gasteiger charge is -2.43. The SMILES string of the molecule is CNCCCC(=O)N1CCCC(C(O)(CCCNC(C)=O)c2cccc(F)c2-c2cc(C)ccc2F)C1. The lowest BCUT2D eigenvalue weighted by molar-refractivity contribution is -0.137. The summed E-state index contributed by atoms with van der Waals surface area (Å²) in [6.07, 6.45) is 3.15. The topological polar surface area (TPSA) is 81.7 Å². The highest BCUT2D eigenvalue weighted by molar-refractivity contribution is 5.76. The van der Waals surface area contributed by atoms with Crippen molar-refractivity contribution in [2.45, 2.75) is 58.0 Å². The molecule has 1 heterocycles. The van der Waals surface area contributed by atoms with Gasteiger partial charge in [0.1, 0.15) is 11.6 Å². The molecule has 3 N–H and O–H groups in total. The molecule has 0 bridgehead atoms. The summed E-state index contributed by atoms with van der Waals surface area (Å²) in [7, 11) is 1.84. The summed E-state index contributed by atoms with van der Waals surface area (Å²) in [6, 6.07) is 8.99. The number of amides is 2. The first kappa shape index (κ1) is 28.7. The Labute approximate surface area is 218 Å². The summed E-state index contributed by atoms with van der Waals surface area (Å²) < 4.78 is 30.4. The predicted molar refractivity (Wildman–Crippen MR) is 141 cm³/mol. The Bertz CT molecular complexity index is 1090. The quantitative estimate of drug-likeness (QED) is 0.390. The molecule has 1 fully saturated rings. The van der Waals surface area contributed by atoms with Crippen LogP contribution in [0.15, 0.2) is 36.4 Å². The molecule has 0 aliphatic carbocycles. The molecule has 6 nitrogen and oxygen atoms in total. The first-order valence-electron chi connectivity index (χ1n) is 13.1. The number of benzene rings is 2. The molecule has 1 saturated heterocycles. The molecule has 0 saturated carbocycles. The van der Waals surface area contributed by atoms with E-state index in [4.69, 9.17) is 0 Å². The Balaban J connectivity index is 2.02.